The monoisotopic (exact) mass is 527 g/mol. The quantitative estimate of drug-likeness (QED) is 0.437. The van der Waals surface area contributed by atoms with E-state index >= 15 is 0 Å². The van der Waals surface area contributed by atoms with Crippen LogP contribution in [0.4, 0.5) is 4.79 Å². The van der Waals surface area contributed by atoms with E-state index in [0.717, 1.165) is 27.8 Å². The summed E-state index contributed by atoms with van der Waals surface area (Å²) >= 11 is 0. The molecule has 1 fully saturated rings. The summed E-state index contributed by atoms with van der Waals surface area (Å²) in [4.78, 5) is 41.5. The van der Waals surface area contributed by atoms with Crippen molar-refractivity contribution >= 4 is 18.0 Å². The van der Waals surface area contributed by atoms with Crippen LogP contribution in [0.3, 0.4) is 0 Å². The van der Waals surface area contributed by atoms with Gasteiger partial charge >= 0.3 is 12.1 Å². The van der Waals surface area contributed by atoms with E-state index in [1.54, 1.807) is 0 Å². The normalized spacial score (nSPS) is 17.0. The first-order valence-corrected chi connectivity index (χ1v) is 13.3. The first-order chi connectivity index (χ1) is 18.9. The number of alkyl carbamates (subject to hydrolysis) is 1. The maximum absolute atomic E-state index is 13.5. The lowest BCUT2D eigenvalue weighted by Crippen LogP contribution is -2.53. The van der Waals surface area contributed by atoms with Gasteiger partial charge in [-0.25, -0.2) is 4.79 Å². The molecular formula is C31H33N3O5. The van der Waals surface area contributed by atoms with Crippen LogP contribution in [0.5, 0.6) is 0 Å². The Morgan fingerprint density at radius 1 is 0.974 bits per heavy atom. The number of fused-ring (bicyclic) bond motifs is 3. The third-order valence-corrected chi connectivity index (χ3v) is 7.57. The number of ether oxygens (including phenoxy) is 1. The number of carboxylic acid groups (broad SMARTS) is 1. The molecule has 202 valence electrons. The van der Waals surface area contributed by atoms with Gasteiger partial charge in [0, 0.05) is 32.1 Å². The minimum Gasteiger partial charge on any atom is -0.481 e. The Morgan fingerprint density at radius 3 is 2.21 bits per heavy atom. The van der Waals surface area contributed by atoms with Crippen LogP contribution in [0.15, 0.2) is 78.9 Å². The molecule has 8 nitrogen and oxygen atoms in total. The lowest BCUT2D eigenvalue weighted by molar-refractivity contribution is -0.141. The molecule has 2 unspecified atom stereocenters. The average Bonchev–Trinajstić information content (AvgIpc) is 3.56. The van der Waals surface area contributed by atoms with Crippen molar-refractivity contribution in [1.29, 1.82) is 0 Å². The van der Waals surface area contributed by atoms with E-state index in [1.165, 1.54) is 4.90 Å². The Balaban J connectivity index is 1.27. The van der Waals surface area contributed by atoms with Gasteiger partial charge in [0.25, 0.3) is 0 Å². The van der Waals surface area contributed by atoms with E-state index in [9.17, 15) is 19.5 Å². The van der Waals surface area contributed by atoms with Gasteiger partial charge in [-0.15, -0.1) is 0 Å². The van der Waals surface area contributed by atoms with E-state index in [-0.39, 0.29) is 31.5 Å². The molecule has 5 rings (SSSR count). The molecule has 3 aromatic carbocycles. The second kappa shape index (κ2) is 11.7. The van der Waals surface area contributed by atoms with Crippen molar-refractivity contribution in [2.75, 3.05) is 33.3 Å². The number of nitrogens with one attached hydrogen (secondary N) is 1. The highest BCUT2D eigenvalue weighted by Crippen LogP contribution is 2.44. The first kappa shape index (κ1) is 26.4. The lowest BCUT2D eigenvalue weighted by Gasteiger charge is -2.28. The predicted octanol–water partition coefficient (Wildman–Crippen LogP) is 3.96. The molecule has 2 atom stereocenters. The number of rotatable bonds is 9. The molecule has 1 aliphatic carbocycles. The fraction of sp³-hybridized carbons (Fsp3) is 0.323. The average molecular weight is 528 g/mol. The van der Waals surface area contributed by atoms with Crippen LogP contribution in [0.2, 0.25) is 0 Å². The summed E-state index contributed by atoms with van der Waals surface area (Å²) < 4.78 is 5.71. The van der Waals surface area contributed by atoms with Gasteiger partial charge < -0.3 is 20.1 Å². The van der Waals surface area contributed by atoms with Crippen LogP contribution in [-0.4, -0.2) is 72.2 Å². The van der Waals surface area contributed by atoms with Crippen molar-refractivity contribution in [3.63, 3.8) is 0 Å². The maximum Gasteiger partial charge on any atom is 0.407 e. The molecular weight excluding hydrogens is 494 g/mol. The Hall–Kier alpha value is -4.17. The molecule has 1 heterocycles. The van der Waals surface area contributed by atoms with Crippen molar-refractivity contribution in [2.45, 2.75) is 24.9 Å². The number of benzene rings is 3. The van der Waals surface area contributed by atoms with Crippen LogP contribution in [0.25, 0.3) is 11.1 Å². The van der Waals surface area contributed by atoms with Gasteiger partial charge in [0.1, 0.15) is 12.6 Å². The maximum atomic E-state index is 13.5. The summed E-state index contributed by atoms with van der Waals surface area (Å²) in [7, 11) is 1.89. The summed E-state index contributed by atoms with van der Waals surface area (Å²) in [6, 6.07) is 25.2. The second-order valence-electron chi connectivity index (χ2n) is 10.3. The van der Waals surface area contributed by atoms with Crippen LogP contribution >= 0.6 is 0 Å². The largest absolute Gasteiger partial charge is 0.481 e. The summed E-state index contributed by atoms with van der Waals surface area (Å²) in [5, 5.41) is 12.2. The molecule has 2 aliphatic rings. The number of carbonyl (C=O) groups is 3. The molecule has 8 heteroatoms. The van der Waals surface area contributed by atoms with Gasteiger partial charge in [0.05, 0.1) is 5.92 Å². The molecule has 0 spiro atoms. The smallest absolute Gasteiger partial charge is 0.407 e. The fourth-order valence-electron chi connectivity index (χ4n) is 5.62. The van der Waals surface area contributed by atoms with E-state index in [4.69, 9.17) is 4.74 Å². The third kappa shape index (κ3) is 5.96. The van der Waals surface area contributed by atoms with Crippen molar-refractivity contribution < 1.29 is 24.2 Å². The van der Waals surface area contributed by atoms with Crippen LogP contribution in [-0.2, 0) is 20.9 Å². The lowest BCUT2D eigenvalue weighted by atomic mass is 9.98. The van der Waals surface area contributed by atoms with E-state index in [0.29, 0.717) is 19.5 Å². The van der Waals surface area contributed by atoms with Crippen molar-refractivity contribution in [3.05, 3.63) is 95.6 Å². The highest BCUT2D eigenvalue weighted by molar-refractivity contribution is 5.87. The zero-order chi connectivity index (χ0) is 27.4. The fourth-order valence-corrected chi connectivity index (χ4v) is 5.62. The summed E-state index contributed by atoms with van der Waals surface area (Å²) in [6.07, 6.45) is -0.268. The summed E-state index contributed by atoms with van der Waals surface area (Å²) in [5.41, 5.74) is 5.58. The molecule has 39 heavy (non-hydrogen) atoms. The van der Waals surface area contributed by atoms with Gasteiger partial charge in [-0.05, 0) is 41.3 Å². The number of aliphatic carboxylic acids is 1. The number of nitrogens with zero attached hydrogens (tertiary/aromatic N) is 2. The summed E-state index contributed by atoms with van der Waals surface area (Å²) in [6.45, 7) is 1.48. The first-order valence-electron chi connectivity index (χ1n) is 13.3. The van der Waals surface area contributed by atoms with Gasteiger partial charge in [-0.1, -0.05) is 78.9 Å². The topological polar surface area (TPSA) is 99.2 Å². The number of likely N-dealkylation sites (N-methyl/N-ethyl adjacent to an activating group) is 1. The Morgan fingerprint density at radius 2 is 1.59 bits per heavy atom. The number of hydrogen-bond donors (Lipinski definition) is 2. The molecule has 2 N–H and O–H groups in total. The molecule has 1 saturated heterocycles. The Labute approximate surface area is 228 Å². The number of carbonyl (C=O) groups excluding carboxylic acids is 2. The van der Waals surface area contributed by atoms with Crippen molar-refractivity contribution in [2.24, 2.45) is 5.92 Å². The molecule has 0 aromatic heterocycles. The van der Waals surface area contributed by atoms with Crippen LogP contribution in [0, 0.1) is 5.92 Å². The minimum atomic E-state index is -0.910. The van der Waals surface area contributed by atoms with Crippen LogP contribution in [0.1, 0.15) is 29.0 Å². The number of carboxylic acids is 1. The molecule has 2 amide bonds. The predicted molar refractivity (Wildman–Crippen MR) is 147 cm³/mol. The second-order valence-corrected chi connectivity index (χ2v) is 10.3. The molecule has 0 bridgehead atoms. The molecule has 0 saturated carbocycles. The Kier molecular flexibility index (Phi) is 7.93. The van der Waals surface area contributed by atoms with Gasteiger partial charge in [0.15, 0.2) is 0 Å². The molecule has 1 aliphatic heterocycles. The van der Waals surface area contributed by atoms with E-state index in [2.05, 4.69) is 29.6 Å². The highest BCUT2D eigenvalue weighted by Gasteiger charge is 2.36. The Bertz CT molecular complexity index is 1300. The minimum absolute atomic E-state index is 0.0898. The van der Waals surface area contributed by atoms with E-state index < -0.39 is 24.0 Å². The van der Waals surface area contributed by atoms with Gasteiger partial charge in [-0.3, -0.25) is 14.5 Å². The van der Waals surface area contributed by atoms with Gasteiger partial charge in [-0.2, -0.15) is 0 Å². The van der Waals surface area contributed by atoms with Crippen molar-refractivity contribution in [3.8, 4) is 11.1 Å². The van der Waals surface area contributed by atoms with E-state index in [1.807, 2.05) is 66.5 Å². The number of hydrogen-bond acceptors (Lipinski definition) is 5. The SMILES string of the molecule is CN(Cc1ccccc1)CC(NC(=O)OCC1c2ccccc2-c2ccccc21)C(=O)N1CCC(C(=O)O)C1. The van der Waals surface area contributed by atoms with Gasteiger partial charge in [0.2, 0.25) is 5.91 Å². The molecule has 0 radical (unpaired) electrons. The van der Waals surface area contributed by atoms with Crippen LogP contribution < -0.4 is 5.32 Å². The number of amides is 2. The number of likely N-dealkylation sites (tertiary alicyclic amines) is 1. The highest BCUT2D eigenvalue weighted by atomic mass is 16.5. The molecule has 3 aromatic rings. The summed E-state index contributed by atoms with van der Waals surface area (Å²) in [5.74, 6) is -1.89. The zero-order valence-electron chi connectivity index (χ0n) is 22.0. The van der Waals surface area contributed by atoms with Crippen molar-refractivity contribution in [1.82, 2.24) is 15.1 Å². The third-order valence-electron chi connectivity index (χ3n) is 7.57. The standard InChI is InChI=1S/C31H33N3O5/c1-33(17-21-9-3-2-4-10-21)19-28(29(35)34-16-15-22(18-34)30(36)37)32-31(38)39-20-27-25-13-7-5-11-23(25)24-12-6-8-14-26(24)27/h2-14,22,27-28H,15-20H2,1H3,(H,32,38)(H,36,37). The zero-order valence-corrected chi connectivity index (χ0v) is 22.0.